The number of sulfonamides is 1. The number of aryl methyl sites for hydroxylation is 1. The van der Waals surface area contributed by atoms with Crippen LogP contribution in [0.5, 0.6) is 0 Å². The second kappa shape index (κ2) is 15.1. The summed E-state index contributed by atoms with van der Waals surface area (Å²) in [6, 6.07) is 27.3. The molecule has 0 fully saturated rings. The quantitative estimate of drug-likeness (QED) is 0.170. The molecule has 236 valence electrons. The second-order valence-electron chi connectivity index (χ2n) is 11.2. The van der Waals surface area contributed by atoms with Gasteiger partial charge in [-0.15, -0.1) is 0 Å². The predicted molar refractivity (Wildman–Crippen MR) is 184 cm³/mol. The van der Waals surface area contributed by atoms with E-state index in [4.69, 9.17) is 11.6 Å². The number of nitrogens with one attached hydrogen (secondary N) is 1. The normalized spacial score (nSPS) is 12.1. The number of halogens is 2. The third kappa shape index (κ3) is 8.75. The molecule has 45 heavy (non-hydrogen) atoms. The smallest absolute Gasteiger partial charge is 0.264 e. The molecule has 0 unspecified atom stereocenters. The molecule has 1 atom stereocenters. The summed E-state index contributed by atoms with van der Waals surface area (Å²) in [4.78, 5) is 29.9. The van der Waals surface area contributed by atoms with Crippen LogP contribution in [0.2, 0.25) is 5.02 Å². The summed E-state index contributed by atoms with van der Waals surface area (Å²) in [5, 5.41) is 3.34. The third-order valence-corrected chi connectivity index (χ3v) is 10.1. The zero-order chi connectivity index (χ0) is 32.7. The molecular formula is C35H37BrClN3O4S. The van der Waals surface area contributed by atoms with Gasteiger partial charge >= 0.3 is 0 Å². The standard InChI is InChI=1S/C35H37BrClN3O4S/c1-24(2)38-35(42)33(21-27-9-6-5-7-10-27)39(22-28-15-17-29(36)18-16-28)34(41)23-40(32-12-8-11-31(37)26(32)4)45(43,44)30-19-13-25(3)14-20-30/h5-20,24,33H,21-23H2,1-4H3,(H,38,42)/t33-/m1/s1. The van der Waals surface area contributed by atoms with E-state index in [1.807, 2.05) is 75.4 Å². The van der Waals surface area contributed by atoms with Crippen LogP contribution in [0.15, 0.2) is 106 Å². The molecule has 0 aliphatic heterocycles. The molecule has 7 nitrogen and oxygen atoms in total. The first-order valence-corrected chi connectivity index (χ1v) is 17.2. The van der Waals surface area contributed by atoms with Crippen LogP contribution in [0, 0.1) is 13.8 Å². The first-order valence-electron chi connectivity index (χ1n) is 14.6. The Balaban J connectivity index is 1.83. The van der Waals surface area contributed by atoms with E-state index in [0.29, 0.717) is 10.6 Å². The van der Waals surface area contributed by atoms with E-state index < -0.39 is 28.5 Å². The van der Waals surface area contributed by atoms with Crippen molar-refractivity contribution in [2.24, 2.45) is 0 Å². The molecule has 4 aromatic carbocycles. The Morgan fingerprint density at radius 1 is 0.844 bits per heavy atom. The molecule has 0 radical (unpaired) electrons. The molecule has 4 aromatic rings. The highest BCUT2D eigenvalue weighted by Gasteiger charge is 2.35. The summed E-state index contributed by atoms with van der Waals surface area (Å²) in [5.74, 6) is -0.862. The van der Waals surface area contributed by atoms with Crippen molar-refractivity contribution in [3.8, 4) is 0 Å². The fourth-order valence-corrected chi connectivity index (χ4v) is 6.84. The topological polar surface area (TPSA) is 86.8 Å². The summed E-state index contributed by atoms with van der Waals surface area (Å²) in [5.41, 5.74) is 3.35. The Bertz CT molecular complexity index is 1730. The highest BCUT2D eigenvalue weighted by Crippen LogP contribution is 2.31. The van der Waals surface area contributed by atoms with Gasteiger partial charge in [-0.2, -0.15) is 0 Å². The zero-order valence-electron chi connectivity index (χ0n) is 25.7. The van der Waals surface area contributed by atoms with Gasteiger partial charge in [0.25, 0.3) is 10.0 Å². The summed E-state index contributed by atoms with van der Waals surface area (Å²) >= 11 is 9.91. The number of anilines is 1. The van der Waals surface area contributed by atoms with Gasteiger partial charge in [0.2, 0.25) is 11.8 Å². The number of hydrogen-bond donors (Lipinski definition) is 1. The molecule has 0 aromatic heterocycles. The largest absolute Gasteiger partial charge is 0.352 e. The van der Waals surface area contributed by atoms with Gasteiger partial charge < -0.3 is 10.2 Å². The van der Waals surface area contributed by atoms with Gasteiger partial charge in [-0.25, -0.2) is 8.42 Å². The molecule has 4 rings (SSSR count). The summed E-state index contributed by atoms with van der Waals surface area (Å²) in [7, 11) is -4.22. The van der Waals surface area contributed by atoms with Crippen LogP contribution >= 0.6 is 27.5 Å². The van der Waals surface area contributed by atoms with Gasteiger partial charge in [0.15, 0.2) is 0 Å². The van der Waals surface area contributed by atoms with Crippen molar-refractivity contribution < 1.29 is 18.0 Å². The zero-order valence-corrected chi connectivity index (χ0v) is 28.9. The maximum atomic E-state index is 14.5. The molecule has 0 aliphatic carbocycles. The van der Waals surface area contributed by atoms with Crippen LogP contribution in [-0.4, -0.2) is 43.8 Å². The average molecular weight is 711 g/mol. The van der Waals surface area contributed by atoms with E-state index in [1.54, 1.807) is 37.3 Å². The van der Waals surface area contributed by atoms with Gasteiger partial charge in [0, 0.05) is 28.5 Å². The average Bonchev–Trinajstić information content (AvgIpc) is 3.00. The highest BCUT2D eigenvalue weighted by atomic mass is 79.9. The minimum Gasteiger partial charge on any atom is -0.352 e. The van der Waals surface area contributed by atoms with Crippen molar-refractivity contribution in [3.05, 3.63) is 129 Å². The number of nitrogens with zero attached hydrogens (tertiary/aromatic N) is 2. The van der Waals surface area contributed by atoms with Crippen molar-refractivity contribution in [3.63, 3.8) is 0 Å². The number of benzene rings is 4. The number of hydrogen-bond acceptors (Lipinski definition) is 4. The van der Waals surface area contributed by atoms with Crippen LogP contribution in [0.25, 0.3) is 0 Å². The maximum absolute atomic E-state index is 14.5. The second-order valence-corrected chi connectivity index (χ2v) is 14.4. The lowest BCUT2D eigenvalue weighted by molar-refractivity contribution is -0.140. The molecular weight excluding hydrogens is 674 g/mol. The first-order chi connectivity index (χ1) is 21.4. The fourth-order valence-electron chi connectivity index (χ4n) is 4.94. The van der Waals surface area contributed by atoms with E-state index in [9.17, 15) is 18.0 Å². The Hall–Kier alpha value is -3.66. The molecule has 0 aliphatic rings. The van der Waals surface area contributed by atoms with Crippen LogP contribution in [0.4, 0.5) is 5.69 Å². The van der Waals surface area contributed by atoms with Crippen molar-refractivity contribution in [2.75, 3.05) is 10.8 Å². The van der Waals surface area contributed by atoms with Crippen molar-refractivity contribution in [2.45, 2.75) is 57.6 Å². The molecule has 1 N–H and O–H groups in total. The van der Waals surface area contributed by atoms with Gasteiger partial charge in [-0.1, -0.05) is 93.8 Å². The van der Waals surface area contributed by atoms with E-state index >= 15 is 0 Å². The number of amides is 2. The minimum atomic E-state index is -4.22. The van der Waals surface area contributed by atoms with E-state index in [-0.39, 0.29) is 35.5 Å². The van der Waals surface area contributed by atoms with Gasteiger partial charge in [-0.05, 0) is 80.8 Å². The van der Waals surface area contributed by atoms with Gasteiger partial charge in [-0.3, -0.25) is 13.9 Å². The molecule has 10 heteroatoms. The molecule has 2 amide bonds. The first kappa shape index (κ1) is 34.2. The Kier molecular flexibility index (Phi) is 11.5. The number of rotatable bonds is 12. The summed E-state index contributed by atoms with van der Waals surface area (Å²) in [6.45, 7) is 6.84. The van der Waals surface area contributed by atoms with Crippen molar-refractivity contribution in [1.29, 1.82) is 0 Å². The Morgan fingerprint density at radius 2 is 1.49 bits per heavy atom. The predicted octanol–water partition coefficient (Wildman–Crippen LogP) is 7.08. The highest BCUT2D eigenvalue weighted by molar-refractivity contribution is 9.10. The number of carbonyl (C=O) groups excluding carboxylic acids is 2. The van der Waals surface area contributed by atoms with E-state index in [2.05, 4.69) is 21.2 Å². The summed E-state index contributed by atoms with van der Waals surface area (Å²) < 4.78 is 30.4. The van der Waals surface area contributed by atoms with E-state index in [1.165, 1.54) is 17.0 Å². The van der Waals surface area contributed by atoms with E-state index in [0.717, 1.165) is 25.5 Å². The lowest BCUT2D eigenvalue weighted by Crippen LogP contribution is -2.54. The molecule has 0 bridgehead atoms. The lowest BCUT2D eigenvalue weighted by Gasteiger charge is -2.34. The van der Waals surface area contributed by atoms with Crippen molar-refractivity contribution >= 4 is 55.1 Å². The number of carbonyl (C=O) groups is 2. The Labute approximate surface area is 279 Å². The Morgan fingerprint density at radius 3 is 2.11 bits per heavy atom. The third-order valence-electron chi connectivity index (χ3n) is 7.36. The van der Waals surface area contributed by atoms with Crippen LogP contribution in [-0.2, 0) is 32.6 Å². The molecule has 0 saturated heterocycles. The summed E-state index contributed by atoms with van der Waals surface area (Å²) in [6.07, 6.45) is 0.239. The minimum absolute atomic E-state index is 0.0399. The SMILES string of the molecule is Cc1ccc(S(=O)(=O)N(CC(=O)N(Cc2ccc(Br)cc2)[C@H](Cc2ccccc2)C(=O)NC(C)C)c2cccc(Cl)c2C)cc1. The van der Waals surface area contributed by atoms with Gasteiger partial charge in [0.1, 0.15) is 12.6 Å². The molecule has 0 saturated carbocycles. The van der Waals surface area contributed by atoms with Crippen LogP contribution in [0.3, 0.4) is 0 Å². The monoisotopic (exact) mass is 709 g/mol. The maximum Gasteiger partial charge on any atom is 0.264 e. The lowest BCUT2D eigenvalue weighted by atomic mass is 10.0. The van der Waals surface area contributed by atoms with Crippen LogP contribution in [0.1, 0.15) is 36.1 Å². The molecule has 0 heterocycles. The fraction of sp³-hybridized carbons (Fsp3) is 0.257. The van der Waals surface area contributed by atoms with Gasteiger partial charge in [0.05, 0.1) is 10.6 Å². The molecule has 0 spiro atoms. The van der Waals surface area contributed by atoms with Crippen molar-refractivity contribution in [1.82, 2.24) is 10.2 Å². The van der Waals surface area contributed by atoms with Crippen LogP contribution < -0.4 is 9.62 Å².